The van der Waals surface area contributed by atoms with E-state index in [4.69, 9.17) is 21.1 Å². The van der Waals surface area contributed by atoms with Crippen LogP contribution in [0.25, 0.3) is 0 Å². The van der Waals surface area contributed by atoms with Gasteiger partial charge in [0.1, 0.15) is 5.82 Å². The first-order chi connectivity index (χ1) is 16.6. The average molecular weight is 526 g/mol. The van der Waals surface area contributed by atoms with Gasteiger partial charge in [0.2, 0.25) is 0 Å². The molecule has 1 heterocycles. The molecule has 1 aliphatic rings. The topological polar surface area (TPSA) is 38.8 Å². The van der Waals surface area contributed by atoms with Crippen LogP contribution in [0.1, 0.15) is 33.1 Å². The molecule has 35 heavy (non-hydrogen) atoms. The number of alkyl halides is 3. The summed E-state index contributed by atoms with van der Waals surface area (Å²) in [5, 5.41) is 0.146. The van der Waals surface area contributed by atoms with Crippen molar-refractivity contribution in [3.63, 3.8) is 0 Å². The molecule has 10 heteroatoms. The van der Waals surface area contributed by atoms with E-state index in [1.165, 1.54) is 55.5 Å². The molecule has 0 N–H and O–H groups in total. The third-order valence-corrected chi connectivity index (χ3v) is 6.81. The Kier molecular flexibility index (Phi) is 7.19. The second kappa shape index (κ2) is 9.99. The lowest BCUT2D eigenvalue weighted by atomic mass is 9.87. The number of carbonyl (C=O) groups is 1. The van der Waals surface area contributed by atoms with Crippen molar-refractivity contribution in [1.29, 1.82) is 0 Å². The molecule has 4 rings (SSSR count). The van der Waals surface area contributed by atoms with E-state index in [-0.39, 0.29) is 39.4 Å². The maximum Gasteiger partial charge on any atom is 0.446 e. The second-order valence-corrected chi connectivity index (χ2v) is 9.31. The van der Waals surface area contributed by atoms with Crippen LogP contribution in [0.5, 0.6) is 11.5 Å². The molecule has 0 aliphatic carbocycles. The molecule has 0 aromatic heterocycles. The maximum atomic E-state index is 15.1. The monoisotopic (exact) mass is 525 g/mol. The predicted molar refractivity (Wildman–Crippen MR) is 126 cm³/mol. The number of nitrogens with zero attached hydrogens (tertiary/aromatic N) is 1. The summed E-state index contributed by atoms with van der Waals surface area (Å²) < 4.78 is 64.0. The molecule has 3 aromatic carbocycles. The Morgan fingerprint density at radius 2 is 1.71 bits per heavy atom. The van der Waals surface area contributed by atoms with E-state index in [1.807, 2.05) is 0 Å². The lowest BCUT2D eigenvalue weighted by Crippen LogP contribution is -2.41. The minimum Gasteiger partial charge on any atom is -0.493 e. The molecule has 184 valence electrons. The van der Waals surface area contributed by atoms with Gasteiger partial charge in [-0.25, -0.2) is 4.39 Å². The van der Waals surface area contributed by atoms with Crippen molar-refractivity contribution in [3.05, 3.63) is 87.7 Å². The highest BCUT2D eigenvalue weighted by atomic mass is 35.5. The summed E-state index contributed by atoms with van der Waals surface area (Å²) in [6.45, 7) is 0.232. The van der Waals surface area contributed by atoms with Crippen molar-refractivity contribution in [3.8, 4) is 11.5 Å². The molecule has 1 aliphatic heterocycles. The smallest absolute Gasteiger partial charge is 0.446 e. The number of ether oxygens (including phenoxy) is 2. The molecule has 0 bridgehead atoms. The van der Waals surface area contributed by atoms with E-state index in [0.29, 0.717) is 23.5 Å². The highest BCUT2D eigenvalue weighted by Crippen LogP contribution is 2.44. The molecule has 3 aromatic rings. The van der Waals surface area contributed by atoms with Gasteiger partial charge in [0.25, 0.3) is 5.91 Å². The third-order valence-electron chi connectivity index (χ3n) is 5.74. The van der Waals surface area contributed by atoms with Crippen LogP contribution in [0.2, 0.25) is 5.02 Å². The highest BCUT2D eigenvalue weighted by Gasteiger charge is 2.37. The minimum atomic E-state index is -4.44. The van der Waals surface area contributed by atoms with Crippen molar-refractivity contribution in [2.75, 3.05) is 20.8 Å². The van der Waals surface area contributed by atoms with Crippen LogP contribution >= 0.6 is 23.4 Å². The molecule has 0 fully saturated rings. The highest BCUT2D eigenvalue weighted by molar-refractivity contribution is 8.00. The molecule has 0 saturated heterocycles. The van der Waals surface area contributed by atoms with Gasteiger partial charge in [-0.3, -0.25) is 4.79 Å². The van der Waals surface area contributed by atoms with Crippen LogP contribution in [0, 0.1) is 5.82 Å². The first kappa shape index (κ1) is 25.2. The van der Waals surface area contributed by atoms with Gasteiger partial charge in [-0.15, -0.1) is 0 Å². The Morgan fingerprint density at radius 1 is 1.06 bits per heavy atom. The van der Waals surface area contributed by atoms with Crippen molar-refractivity contribution < 1.29 is 31.8 Å². The Hall–Kier alpha value is -2.91. The number of fused-ring (bicyclic) bond motifs is 1. The van der Waals surface area contributed by atoms with Crippen LogP contribution < -0.4 is 9.47 Å². The molecule has 0 unspecified atom stereocenters. The van der Waals surface area contributed by atoms with E-state index in [1.54, 1.807) is 18.2 Å². The summed E-state index contributed by atoms with van der Waals surface area (Å²) in [4.78, 5) is 15.0. The van der Waals surface area contributed by atoms with Gasteiger partial charge in [-0.05, 0) is 77.8 Å². The summed E-state index contributed by atoms with van der Waals surface area (Å²) in [6.07, 6.45) is 0.450. The number of amides is 1. The van der Waals surface area contributed by atoms with Crippen LogP contribution in [0.3, 0.4) is 0 Å². The summed E-state index contributed by atoms with van der Waals surface area (Å²) >= 11 is 6.16. The largest absolute Gasteiger partial charge is 0.493 e. The predicted octanol–water partition coefficient (Wildman–Crippen LogP) is 6.90. The Labute approximate surface area is 208 Å². The zero-order valence-electron chi connectivity index (χ0n) is 18.7. The van der Waals surface area contributed by atoms with Gasteiger partial charge < -0.3 is 14.4 Å². The van der Waals surface area contributed by atoms with E-state index >= 15 is 4.39 Å². The van der Waals surface area contributed by atoms with Gasteiger partial charge in [0.15, 0.2) is 11.5 Å². The lowest BCUT2D eigenvalue weighted by molar-refractivity contribution is -0.0328. The quantitative estimate of drug-likeness (QED) is 0.268. The van der Waals surface area contributed by atoms with Crippen LogP contribution in [-0.4, -0.2) is 37.1 Å². The SMILES string of the molecule is COc1cc2c(cc1OC)[C@H](c1c(F)cccc1Cl)N(C(=O)c1ccc(SC(F)(F)F)cc1)CC2. The Morgan fingerprint density at radius 3 is 2.31 bits per heavy atom. The Bertz CT molecular complexity index is 1230. The standard InChI is InChI=1S/C25H20ClF4NO3S/c1-33-20-12-15-10-11-31(24(32)14-6-8-16(9-7-14)35-25(28,29)30)23(17(15)13-21(20)34-2)22-18(26)4-3-5-19(22)27/h3-9,12-13,23H,10-11H2,1-2H3/t23-/m1/s1. The second-order valence-electron chi connectivity index (χ2n) is 7.76. The normalized spacial score (nSPS) is 15.5. The molecule has 4 nitrogen and oxygen atoms in total. The van der Waals surface area contributed by atoms with E-state index < -0.39 is 23.3 Å². The van der Waals surface area contributed by atoms with Crippen molar-refractivity contribution in [2.45, 2.75) is 22.9 Å². The van der Waals surface area contributed by atoms with Crippen molar-refractivity contribution in [2.24, 2.45) is 0 Å². The summed E-state index contributed by atoms with van der Waals surface area (Å²) in [5.74, 6) is -0.133. The van der Waals surface area contributed by atoms with Gasteiger partial charge in [-0.2, -0.15) is 13.2 Å². The third kappa shape index (κ3) is 5.21. The molecule has 1 amide bonds. The van der Waals surface area contributed by atoms with E-state index in [0.717, 1.165) is 5.56 Å². The fourth-order valence-corrected chi connectivity index (χ4v) is 5.02. The summed E-state index contributed by atoms with van der Waals surface area (Å²) in [7, 11) is 2.98. The van der Waals surface area contributed by atoms with Crippen LogP contribution in [0.15, 0.2) is 59.5 Å². The van der Waals surface area contributed by atoms with Crippen LogP contribution in [0.4, 0.5) is 17.6 Å². The van der Waals surface area contributed by atoms with E-state index in [9.17, 15) is 18.0 Å². The number of rotatable bonds is 5. The number of hydrogen-bond acceptors (Lipinski definition) is 4. The minimum absolute atomic E-state index is 0.0384. The number of benzene rings is 3. The first-order valence-electron chi connectivity index (χ1n) is 10.5. The van der Waals surface area contributed by atoms with Crippen LogP contribution in [-0.2, 0) is 6.42 Å². The number of methoxy groups -OCH3 is 2. The molecular formula is C25H20ClF4NO3S. The molecule has 0 spiro atoms. The number of carbonyl (C=O) groups excluding carboxylic acids is 1. The molecule has 0 saturated carbocycles. The number of thioether (sulfide) groups is 1. The van der Waals surface area contributed by atoms with Crippen molar-refractivity contribution in [1.82, 2.24) is 4.90 Å². The van der Waals surface area contributed by atoms with Gasteiger partial charge in [0, 0.05) is 27.6 Å². The fraction of sp³-hybridized carbons (Fsp3) is 0.240. The average Bonchev–Trinajstić information content (AvgIpc) is 2.82. The molecule has 1 atom stereocenters. The zero-order valence-corrected chi connectivity index (χ0v) is 20.2. The zero-order chi connectivity index (χ0) is 25.3. The van der Waals surface area contributed by atoms with Gasteiger partial charge in [-0.1, -0.05) is 17.7 Å². The number of halogens is 5. The van der Waals surface area contributed by atoms with Crippen molar-refractivity contribution >= 4 is 29.3 Å². The van der Waals surface area contributed by atoms with E-state index in [2.05, 4.69) is 0 Å². The molecular weight excluding hydrogens is 506 g/mol. The van der Waals surface area contributed by atoms with Gasteiger partial charge in [0.05, 0.1) is 20.3 Å². The fourth-order valence-electron chi connectivity index (χ4n) is 4.21. The van der Waals surface area contributed by atoms with Gasteiger partial charge >= 0.3 is 5.51 Å². The summed E-state index contributed by atoms with van der Waals surface area (Å²) in [5.41, 5.74) is -2.67. The maximum absolute atomic E-state index is 15.1. The number of hydrogen-bond donors (Lipinski definition) is 0. The Balaban J connectivity index is 1.80. The first-order valence-corrected chi connectivity index (χ1v) is 11.7. The molecule has 0 radical (unpaired) electrons. The lowest BCUT2D eigenvalue weighted by Gasteiger charge is -2.38. The summed E-state index contributed by atoms with van der Waals surface area (Å²) in [6, 6.07) is 12.0.